The van der Waals surface area contributed by atoms with E-state index in [1.165, 1.54) is 54.7 Å². The summed E-state index contributed by atoms with van der Waals surface area (Å²) < 4.78 is 146. The second-order valence-corrected chi connectivity index (χ2v) is 38.3. The van der Waals surface area contributed by atoms with Gasteiger partial charge in [0.15, 0.2) is 29.1 Å². The van der Waals surface area contributed by atoms with Gasteiger partial charge in [-0.3, -0.25) is 33.1 Å². The number of nitrogens with one attached hydrogen (secondary N) is 9. The van der Waals surface area contributed by atoms with Crippen molar-refractivity contribution in [1.29, 1.82) is 5.26 Å². The molecule has 0 unspecified atom stereocenters. The molecule has 12 aromatic rings. The molecular weight excluding hydrogens is 1810 g/mol. The smallest absolute Gasteiger partial charge is 0.296 e. The summed E-state index contributed by atoms with van der Waals surface area (Å²) in [6.45, 7) is 3.68. The molecule has 6 heterocycles. The fraction of sp³-hybridized carbons (Fsp3) is 0.193. The number of carbonyl (C=O) groups is 2. The Morgan fingerprint density at radius 3 is 1.44 bits per heavy atom. The standard InChI is InChI=1S/C83H72N24O18S6/c1-87-33-34-89-75-71(77-95-49-16-7-9-18-61(49)129(114,115)107-77)65-45-12-3-5-14-47(45)73(109)69-53(30-28-51(97-75)67(65)69)93-56-37-55(59(127-125-123-111)39-62(56)130(116,117)118)98-82-102-78(85)100-80(104-82)90-42-23-19-40(20-24-42)35-41-21-25-43(26-22-41)91-81-101-79(86)103-83(105-81)99-57-36-54(58(126-124-122-110)38-63(57)131(119,120)121)92-52-29-27-50-66-64(44-11-2-4-13-46(44)72(108)68(52)66)70(74(96-50)88-32-10-31-84)76-94-48-15-6-8-17-60(48)128(112,113)106-76/h2-9,11-18,27-30,34,36-43,92-93,110-111H,1,10,19-26,32-33,35H2,(H,88,96)(H,94,106)(H,95,107)(H,116,117,118)(H,119,120,121)(H4,85,90,98,100,102,104)(H4,86,91,99,101,103,105). The molecule has 131 heavy (non-hydrogen) atoms. The fourth-order valence-electron chi connectivity index (χ4n) is 17.2. The molecule has 668 valence electrons. The number of hydrogen-bond donors (Lipinski definition) is 15. The number of ketones is 2. The van der Waals surface area contributed by atoms with E-state index in [4.69, 9.17) is 40.1 Å². The maximum Gasteiger partial charge on any atom is 0.296 e. The van der Waals surface area contributed by atoms with E-state index in [0.717, 1.165) is 57.1 Å². The third-order valence-corrected chi connectivity index (χ3v) is 28.5. The number of hydrogen-bond acceptors (Lipinski definition) is 40. The Morgan fingerprint density at radius 2 is 0.954 bits per heavy atom. The number of nitrogens with zero attached hydrogens (tertiary/aromatic N) is 13. The third-order valence-electron chi connectivity index (χ3n) is 22.7. The van der Waals surface area contributed by atoms with E-state index in [2.05, 4.69) is 109 Å². The van der Waals surface area contributed by atoms with E-state index < -0.39 is 61.6 Å². The zero-order chi connectivity index (χ0) is 91.4. The summed E-state index contributed by atoms with van der Waals surface area (Å²) in [5, 5.41) is 58.7. The van der Waals surface area contributed by atoms with Gasteiger partial charge >= 0.3 is 0 Å². The molecule has 0 spiro atoms. The quantitative estimate of drug-likeness (QED) is 0.00496. The van der Waals surface area contributed by atoms with Gasteiger partial charge in [-0.05, 0) is 160 Å². The number of rotatable bonds is 30. The van der Waals surface area contributed by atoms with Crippen LogP contribution in [0.25, 0.3) is 44.1 Å². The molecule has 0 atom stereocenters. The molecule has 2 aliphatic heterocycles. The molecule has 17 N–H and O–H groups in total. The van der Waals surface area contributed by atoms with Crippen molar-refractivity contribution in [2.45, 2.75) is 106 Å². The van der Waals surface area contributed by atoms with Gasteiger partial charge in [-0.1, -0.05) is 82.9 Å². The molecule has 4 aromatic heterocycles. The van der Waals surface area contributed by atoms with Gasteiger partial charge in [0.25, 0.3) is 40.3 Å². The first kappa shape index (κ1) is 87.8. The summed E-state index contributed by atoms with van der Waals surface area (Å²) in [5.41, 5.74) is 14.8. The van der Waals surface area contributed by atoms with Crippen LogP contribution >= 0.6 is 24.1 Å². The molecule has 8 aromatic carbocycles. The number of sulfonamides is 2. The van der Waals surface area contributed by atoms with E-state index in [1.807, 2.05) is 0 Å². The van der Waals surface area contributed by atoms with Crippen LogP contribution in [0.15, 0.2) is 195 Å². The van der Waals surface area contributed by atoms with Crippen molar-refractivity contribution in [3.05, 3.63) is 179 Å². The highest BCUT2D eigenvalue weighted by Gasteiger charge is 2.41. The zero-order valence-corrected chi connectivity index (χ0v) is 72.8. The molecule has 18 rings (SSSR count). The molecule has 2 fully saturated rings. The molecular formula is C83H72N24O18S6. The fourth-order valence-corrected chi connectivity index (χ4v) is 21.9. The van der Waals surface area contributed by atoms with Crippen molar-refractivity contribution in [1.82, 2.24) is 49.3 Å². The van der Waals surface area contributed by atoms with Gasteiger partial charge in [0, 0.05) is 57.9 Å². The minimum absolute atomic E-state index is 0.000531. The Hall–Kier alpha value is -13.9. The summed E-state index contributed by atoms with van der Waals surface area (Å²) in [6.07, 6.45) is 8.68. The molecule has 48 heteroatoms. The van der Waals surface area contributed by atoms with E-state index in [-0.39, 0.29) is 211 Å². The molecule has 0 amide bonds. The minimum Gasteiger partial charge on any atom is -0.368 e. The number of carbonyl (C=O) groups excluding carboxylic acids is 2. The number of benzene rings is 8. The Labute approximate surface area is 753 Å². The lowest BCUT2D eigenvalue weighted by Crippen LogP contribution is -2.35. The van der Waals surface area contributed by atoms with Crippen LogP contribution in [0.5, 0.6) is 0 Å². The van der Waals surface area contributed by atoms with E-state index >= 15 is 9.59 Å². The molecule has 0 radical (unpaired) electrons. The number of nitrogen functional groups attached to an aromatic ring is 2. The maximum absolute atomic E-state index is 15.1. The van der Waals surface area contributed by atoms with Crippen LogP contribution in [0, 0.1) is 23.2 Å². The van der Waals surface area contributed by atoms with Crippen molar-refractivity contribution in [2.24, 2.45) is 31.8 Å². The number of para-hydroxylation sites is 2. The summed E-state index contributed by atoms with van der Waals surface area (Å²) in [4.78, 5) is 82.7. The van der Waals surface area contributed by atoms with Gasteiger partial charge in [-0.25, -0.2) is 52.3 Å². The Morgan fingerprint density at radius 1 is 0.519 bits per heavy atom. The van der Waals surface area contributed by atoms with Crippen LogP contribution in [0.2, 0.25) is 0 Å². The van der Waals surface area contributed by atoms with Gasteiger partial charge in [0.1, 0.15) is 25.4 Å². The largest absolute Gasteiger partial charge is 0.368 e. The summed E-state index contributed by atoms with van der Waals surface area (Å²) in [6, 6.07) is 37.9. The number of aliphatic imine (C=N–C) groups is 4. The van der Waals surface area contributed by atoms with Gasteiger partial charge < -0.3 is 48.7 Å². The topological polar surface area (TPSA) is 625 Å². The molecule has 2 saturated carbocycles. The van der Waals surface area contributed by atoms with Crippen LogP contribution in [0.3, 0.4) is 0 Å². The highest BCUT2D eigenvalue weighted by Crippen LogP contribution is 2.52. The number of pyridine rings is 2. The maximum atomic E-state index is 15.1. The molecule has 0 bridgehead atoms. The predicted octanol–water partition coefficient (Wildman–Crippen LogP) is 13.6. The first-order valence-electron chi connectivity index (χ1n) is 40.1. The monoisotopic (exact) mass is 1880 g/mol. The predicted molar refractivity (Wildman–Crippen MR) is 487 cm³/mol. The van der Waals surface area contributed by atoms with Crippen molar-refractivity contribution >= 4 is 215 Å². The van der Waals surface area contributed by atoms with E-state index in [1.54, 1.807) is 84.9 Å². The highest BCUT2D eigenvalue weighted by atomic mass is 32.2. The third kappa shape index (κ3) is 17.7. The van der Waals surface area contributed by atoms with Crippen LogP contribution in [0.1, 0.15) is 107 Å². The van der Waals surface area contributed by atoms with Gasteiger partial charge in [0.05, 0.1) is 132 Å². The lowest BCUT2D eigenvalue weighted by Gasteiger charge is -2.34. The van der Waals surface area contributed by atoms with Gasteiger partial charge in [-0.15, -0.1) is 8.67 Å². The molecule has 42 nitrogen and oxygen atoms in total. The molecule has 4 aliphatic carbocycles. The van der Waals surface area contributed by atoms with Crippen LogP contribution < -0.4 is 58.1 Å². The lowest BCUT2D eigenvalue weighted by molar-refractivity contribution is -0.432. The minimum atomic E-state index is -5.18. The average molecular weight is 1890 g/mol. The van der Waals surface area contributed by atoms with Crippen molar-refractivity contribution in [3.8, 4) is 28.3 Å². The van der Waals surface area contributed by atoms with Crippen LogP contribution in [0.4, 0.5) is 92.8 Å². The van der Waals surface area contributed by atoms with E-state index in [9.17, 15) is 58.6 Å². The van der Waals surface area contributed by atoms with Gasteiger partial charge in [0.2, 0.25) is 35.7 Å². The number of fused-ring (bicyclic) bond motifs is 6. The normalized spacial score (nSPS) is 17.4. The van der Waals surface area contributed by atoms with Crippen molar-refractivity contribution < 1.29 is 81.6 Å². The van der Waals surface area contributed by atoms with Gasteiger partial charge in [-0.2, -0.15) is 52.0 Å². The van der Waals surface area contributed by atoms with E-state index in [0.29, 0.717) is 71.0 Å². The first-order valence-corrected chi connectivity index (χ1v) is 47.5. The Bertz CT molecular complexity index is 7430. The molecule has 6 aliphatic rings. The number of amidine groups is 2. The second kappa shape index (κ2) is 35.9. The number of aromatic nitrogens is 8. The van der Waals surface area contributed by atoms with Crippen molar-refractivity contribution in [3.63, 3.8) is 0 Å². The number of nitriles is 1. The van der Waals surface area contributed by atoms with Crippen LogP contribution in [-0.2, 0) is 59.0 Å². The SMILES string of the molecule is C=NCC=Nc1nc2ccc(Nc3cc(Nc4nc(N)nc(NC5CCC(CC6CCC(Nc7nc(N)nc(Nc8cc(Nc9ccc%10nc(NCCC#N)c(C%11=Nc%12ccccc%12S(=O)(=O)N%11)c%11c%10c9C(=O)c9ccccc9-%11)c(SOOO)cc8S(=O)(=O)O)n7)CC6)CC5)n4)c(SOOO)cc3S(=O)(=O)O)c3c2c(c1C1=Nc2ccccc2S(=O)(=O)N1)-c1ccccc1C3=O. The lowest BCUT2D eigenvalue weighted by atomic mass is 9.75. The highest BCUT2D eigenvalue weighted by molar-refractivity contribution is 7.95. The summed E-state index contributed by atoms with van der Waals surface area (Å²) >= 11 is 0.656. The second-order valence-electron chi connectivity index (χ2n) is 30.8. The van der Waals surface area contributed by atoms with Crippen molar-refractivity contribution in [2.75, 3.05) is 61.8 Å². The summed E-state index contributed by atoms with van der Waals surface area (Å²) in [5.74, 6) is -1.21. The van der Waals surface area contributed by atoms with Crippen LogP contribution in [-0.4, -0.2) is 155 Å². The number of anilines is 13. The average Bonchev–Trinajstić information content (AvgIpc) is 0.710. The zero-order valence-electron chi connectivity index (χ0n) is 67.9. The molecule has 0 saturated heterocycles. The Kier molecular flexibility index (Phi) is 24.0. The first-order chi connectivity index (χ1) is 63.1. The Balaban J connectivity index is 0.554. The summed E-state index contributed by atoms with van der Waals surface area (Å²) in [7, 11) is -18.8. The number of nitrogens with two attached hydrogens (primary N) is 2.